The van der Waals surface area contributed by atoms with Gasteiger partial charge >= 0.3 is 0 Å². The van der Waals surface area contributed by atoms with Crippen LogP contribution in [0.4, 0.5) is 5.69 Å². The molecule has 1 unspecified atom stereocenters. The molecule has 6 rings (SSSR count). The van der Waals surface area contributed by atoms with Crippen molar-refractivity contribution in [3.8, 4) is 11.5 Å². The number of ether oxygens (including phenoxy) is 4. The van der Waals surface area contributed by atoms with E-state index in [4.69, 9.17) is 18.9 Å². The molecule has 0 spiro atoms. The zero-order valence-electron chi connectivity index (χ0n) is 35.8. The third kappa shape index (κ3) is 12.9. The fourth-order valence-electron chi connectivity index (χ4n) is 8.81. The molecule has 59 heavy (non-hydrogen) atoms. The molecular formula is C51H68N2O6. The number of amides is 1. The van der Waals surface area contributed by atoms with Gasteiger partial charge in [0.05, 0.1) is 33.0 Å². The van der Waals surface area contributed by atoms with Crippen LogP contribution in [0.15, 0.2) is 91.0 Å². The first kappa shape index (κ1) is 44.3. The third-order valence-corrected chi connectivity index (χ3v) is 12.2. The highest BCUT2D eigenvalue weighted by atomic mass is 16.7. The molecule has 0 aliphatic carbocycles. The van der Waals surface area contributed by atoms with Crippen LogP contribution in [-0.2, 0) is 33.8 Å². The Balaban J connectivity index is 1.12. The zero-order chi connectivity index (χ0) is 41.2. The molecule has 0 saturated carbocycles. The Morgan fingerprint density at radius 3 is 1.98 bits per heavy atom. The van der Waals surface area contributed by atoms with E-state index in [0.717, 1.165) is 71.8 Å². The molecule has 2 heterocycles. The summed E-state index contributed by atoms with van der Waals surface area (Å²) in [5.74, 6) is 1.43. The molecule has 2 aliphatic rings. The van der Waals surface area contributed by atoms with Gasteiger partial charge in [-0.2, -0.15) is 0 Å². The van der Waals surface area contributed by atoms with E-state index in [1.807, 2.05) is 42.5 Å². The van der Waals surface area contributed by atoms with Crippen LogP contribution >= 0.6 is 0 Å². The Hall–Kier alpha value is -4.21. The SMILES string of the molecule is CCCCCCCCCCCCCCCC(=O)Nc1cccc(C2O[C@H](CN3CCc4cc(OC)c(OC)cc4C3)[C@@H](c3ccccc3)[C@H](c3ccc(CO)cc3)O2)c1. The number of benzene rings is 4. The van der Waals surface area contributed by atoms with Gasteiger partial charge in [0.15, 0.2) is 17.8 Å². The second kappa shape index (κ2) is 23.5. The van der Waals surface area contributed by atoms with Crippen LogP contribution < -0.4 is 14.8 Å². The predicted octanol–water partition coefficient (Wildman–Crippen LogP) is 11.6. The highest BCUT2D eigenvalue weighted by Crippen LogP contribution is 2.47. The molecule has 0 bridgehead atoms. The number of rotatable bonds is 23. The second-order valence-corrected chi connectivity index (χ2v) is 16.5. The minimum Gasteiger partial charge on any atom is -0.493 e. The quantitative estimate of drug-likeness (QED) is 0.0722. The van der Waals surface area contributed by atoms with Crippen LogP contribution in [0.3, 0.4) is 0 Å². The van der Waals surface area contributed by atoms with Crippen molar-refractivity contribution in [3.05, 3.63) is 124 Å². The number of nitrogens with zero attached hydrogens (tertiary/aromatic N) is 1. The minimum atomic E-state index is -0.665. The maximum atomic E-state index is 13.1. The van der Waals surface area contributed by atoms with Crippen molar-refractivity contribution in [1.29, 1.82) is 0 Å². The van der Waals surface area contributed by atoms with Gasteiger partial charge in [-0.1, -0.05) is 151 Å². The smallest absolute Gasteiger partial charge is 0.224 e. The molecule has 4 aromatic rings. The van der Waals surface area contributed by atoms with Crippen molar-refractivity contribution in [1.82, 2.24) is 4.90 Å². The van der Waals surface area contributed by atoms with Gasteiger partial charge in [-0.3, -0.25) is 9.69 Å². The van der Waals surface area contributed by atoms with E-state index >= 15 is 0 Å². The highest BCUT2D eigenvalue weighted by Gasteiger charge is 2.43. The first-order chi connectivity index (χ1) is 29.0. The summed E-state index contributed by atoms with van der Waals surface area (Å²) >= 11 is 0. The fraction of sp³-hybridized carbons (Fsp3) is 0.510. The maximum Gasteiger partial charge on any atom is 0.224 e. The molecule has 4 aromatic carbocycles. The maximum absolute atomic E-state index is 13.1. The first-order valence-corrected chi connectivity index (χ1v) is 22.4. The lowest BCUT2D eigenvalue weighted by Gasteiger charge is -2.45. The number of hydrogen-bond acceptors (Lipinski definition) is 7. The minimum absolute atomic E-state index is 0.0206. The molecule has 1 saturated heterocycles. The first-order valence-electron chi connectivity index (χ1n) is 22.4. The van der Waals surface area contributed by atoms with Crippen LogP contribution in [0.25, 0.3) is 0 Å². The highest BCUT2D eigenvalue weighted by molar-refractivity contribution is 5.90. The van der Waals surface area contributed by atoms with E-state index in [9.17, 15) is 9.90 Å². The normalized spacial score (nSPS) is 19.3. The number of hydrogen-bond donors (Lipinski definition) is 2. The lowest BCUT2D eigenvalue weighted by Crippen LogP contribution is -2.45. The van der Waals surface area contributed by atoms with Crippen LogP contribution in [0.2, 0.25) is 0 Å². The van der Waals surface area contributed by atoms with Crippen molar-refractivity contribution in [2.45, 2.75) is 141 Å². The number of anilines is 1. The molecule has 318 valence electrons. The van der Waals surface area contributed by atoms with E-state index in [0.29, 0.717) is 13.0 Å². The number of fused-ring (bicyclic) bond motifs is 1. The Morgan fingerprint density at radius 1 is 0.712 bits per heavy atom. The van der Waals surface area contributed by atoms with Crippen molar-refractivity contribution in [3.63, 3.8) is 0 Å². The van der Waals surface area contributed by atoms with Crippen LogP contribution in [0.5, 0.6) is 11.5 Å². The summed E-state index contributed by atoms with van der Waals surface area (Å²) in [5, 5.41) is 13.0. The topological polar surface area (TPSA) is 89.5 Å². The van der Waals surface area contributed by atoms with Gasteiger partial charge in [-0.05, 0) is 64.9 Å². The number of methoxy groups -OCH3 is 2. The molecule has 0 aromatic heterocycles. The number of unbranched alkanes of at least 4 members (excludes halogenated alkanes) is 12. The van der Waals surface area contributed by atoms with E-state index < -0.39 is 6.29 Å². The van der Waals surface area contributed by atoms with E-state index in [2.05, 4.69) is 65.7 Å². The van der Waals surface area contributed by atoms with Gasteiger partial charge in [-0.15, -0.1) is 0 Å². The molecule has 2 aliphatic heterocycles. The molecule has 8 heteroatoms. The van der Waals surface area contributed by atoms with E-state index in [-0.39, 0.29) is 30.6 Å². The lowest BCUT2D eigenvalue weighted by molar-refractivity contribution is -0.263. The Bertz CT molecular complexity index is 1850. The summed E-state index contributed by atoms with van der Waals surface area (Å²) in [4.78, 5) is 15.6. The van der Waals surface area contributed by atoms with Gasteiger partial charge in [-0.25, -0.2) is 0 Å². The summed E-state index contributed by atoms with van der Waals surface area (Å²) in [6, 6.07) is 30.7. The fourth-order valence-corrected chi connectivity index (χ4v) is 8.81. The van der Waals surface area contributed by atoms with E-state index in [1.165, 1.54) is 81.8 Å². The van der Waals surface area contributed by atoms with Crippen LogP contribution in [0, 0.1) is 0 Å². The number of aliphatic hydroxyl groups is 1. The largest absolute Gasteiger partial charge is 0.493 e. The Kier molecular flexibility index (Phi) is 17.7. The Labute approximate surface area is 353 Å². The summed E-state index contributed by atoms with van der Waals surface area (Å²) in [5.41, 5.74) is 7.13. The monoisotopic (exact) mass is 805 g/mol. The predicted molar refractivity (Wildman–Crippen MR) is 237 cm³/mol. The second-order valence-electron chi connectivity index (χ2n) is 16.5. The summed E-state index contributed by atoms with van der Waals surface area (Å²) < 4.78 is 25.3. The number of aliphatic hydroxyl groups excluding tert-OH is 1. The third-order valence-electron chi connectivity index (χ3n) is 12.2. The van der Waals surface area contributed by atoms with Gasteiger partial charge in [0.2, 0.25) is 5.91 Å². The van der Waals surface area contributed by atoms with E-state index in [1.54, 1.807) is 14.2 Å². The Morgan fingerprint density at radius 2 is 1.34 bits per heavy atom. The molecule has 1 fully saturated rings. The molecule has 1 amide bonds. The van der Waals surface area contributed by atoms with Gasteiger partial charge < -0.3 is 29.4 Å². The molecule has 2 N–H and O–H groups in total. The summed E-state index contributed by atoms with van der Waals surface area (Å²) in [6.07, 6.45) is 16.9. The summed E-state index contributed by atoms with van der Waals surface area (Å²) in [6.45, 7) is 4.58. The molecule has 8 nitrogen and oxygen atoms in total. The number of carbonyl (C=O) groups is 1. The average Bonchev–Trinajstić information content (AvgIpc) is 3.27. The lowest BCUT2D eigenvalue weighted by atomic mass is 9.82. The van der Waals surface area contributed by atoms with Gasteiger partial charge in [0, 0.05) is 43.2 Å². The zero-order valence-corrected chi connectivity index (χ0v) is 35.8. The van der Waals surface area contributed by atoms with Crippen molar-refractivity contribution < 1.29 is 28.8 Å². The molecule has 4 atom stereocenters. The van der Waals surface area contributed by atoms with Crippen molar-refractivity contribution in [2.75, 3.05) is 32.6 Å². The van der Waals surface area contributed by atoms with Crippen LogP contribution in [0.1, 0.15) is 149 Å². The van der Waals surface area contributed by atoms with Crippen molar-refractivity contribution >= 4 is 11.6 Å². The number of nitrogens with one attached hydrogen (secondary N) is 1. The number of carbonyl (C=O) groups excluding carboxylic acids is 1. The average molecular weight is 805 g/mol. The van der Waals surface area contributed by atoms with Gasteiger partial charge in [0.1, 0.15) is 0 Å². The molecule has 0 radical (unpaired) electrons. The summed E-state index contributed by atoms with van der Waals surface area (Å²) in [7, 11) is 3.36. The standard InChI is InChI=1S/C51H68N2O6/c1-4-5-6-7-8-9-10-11-12-13-14-15-19-25-48(55)52-44-24-20-23-42(32-44)51-58-47(36-53-31-30-41-33-45(56-2)46(57-3)34-43(41)35-53)49(39-21-17-16-18-22-39)50(59-51)40-28-26-38(37-54)27-29-40/h16-18,20-24,26-29,32-34,47,49-51,54H,4-15,19,25,30-31,35-37H2,1-3H3,(H,52,55)/t47-,49-,50+,51?/m1/s1. The van der Waals surface area contributed by atoms with Crippen LogP contribution in [-0.4, -0.2) is 49.3 Å². The molecular weight excluding hydrogens is 737 g/mol. The van der Waals surface area contributed by atoms with Crippen molar-refractivity contribution in [2.24, 2.45) is 0 Å². The van der Waals surface area contributed by atoms with Gasteiger partial charge in [0.25, 0.3) is 0 Å².